The Hall–Kier alpha value is -1.67. The fourth-order valence-electron chi connectivity index (χ4n) is 3.58. The number of phosphoric acid groups is 2. The van der Waals surface area contributed by atoms with Crippen LogP contribution in [0.3, 0.4) is 0 Å². The summed E-state index contributed by atoms with van der Waals surface area (Å²) in [6.07, 6.45) is -10.5. The smallest absolute Gasteiger partial charge is 0.394 e. The van der Waals surface area contributed by atoms with Crippen molar-refractivity contribution in [1.82, 2.24) is 19.5 Å². The van der Waals surface area contributed by atoms with Gasteiger partial charge in [0.1, 0.15) is 48.5 Å². The molecule has 36 heavy (non-hydrogen) atoms. The standard InChI is InChI=1S/C15H23N5O14P2/c16-12-7-13(18-3-17-12)20(4-19-7)14-10(24)9(23)6(31-14)2-30-35(26,27)34-36(28,29)33-15-11(25)8(22)5(1-21)32-15/h3-6,8-11,14-15,21-25H,1-2H2,(H,26,27)(H,28,29)(H2,16,17,18)/t5-,6-,8-,9-,10-,11-,14-,15+/m1/s1. The Morgan fingerprint density at radius 2 is 1.67 bits per heavy atom. The molecule has 2 aliphatic heterocycles. The summed E-state index contributed by atoms with van der Waals surface area (Å²) in [5.41, 5.74) is 6.08. The van der Waals surface area contributed by atoms with Gasteiger partial charge in [-0.15, -0.1) is 0 Å². The Morgan fingerprint density at radius 3 is 2.33 bits per heavy atom. The van der Waals surface area contributed by atoms with Gasteiger partial charge in [-0.25, -0.2) is 24.1 Å². The van der Waals surface area contributed by atoms with E-state index in [2.05, 4.69) is 28.3 Å². The van der Waals surface area contributed by atoms with Gasteiger partial charge in [-0.2, -0.15) is 4.31 Å². The first-order chi connectivity index (χ1) is 16.8. The molecule has 19 nitrogen and oxygen atoms in total. The molecule has 0 spiro atoms. The molecule has 4 heterocycles. The Morgan fingerprint density at radius 1 is 0.972 bits per heavy atom. The number of aliphatic hydroxyl groups excluding tert-OH is 5. The second-order valence-corrected chi connectivity index (χ2v) is 10.8. The van der Waals surface area contributed by atoms with Crippen molar-refractivity contribution < 1.29 is 67.3 Å². The van der Waals surface area contributed by atoms with Gasteiger partial charge in [0.25, 0.3) is 0 Å². The van der Waals surface area contributed by atoms with E-state index < -0.39 is 78.0 Å². The number of imidazole rings is 1. The largest absolute Gasteiger partial charge is 0.483 e. The maximum Gasteiger partial charge on any atom is 0.483 e. The first kappa shape index (κ1) is 27.4. The Kier molecular flexibility index (Phi) is 7.78. The fourth-order valence-corrected chi connectivity index (χ4v) is 5.74. The van der Waals surface area contributed by atoms with Crippen LogP contribution >= 0.6 is 15.6 Å². The Bertz CT molecular complexity index is 1180. The van der Waals surface area contributed by atoms with E-state index in [0.29, 0.717) is 0 Å². The van der Waals surface area contributed by atoms with Crippen molar-refractivity contribution >= 4 is 32.6 Å². The molecule has 0 saturated carbocycles. The topological polar surface area (TPSA) is 292 Å². The first-order valence-electron chi connectivity index (χ1n) is 10.1. The van der Waals surface area contributed by atoms with Crippen molar-refractivity contribution in [1.29, 1.82) is 0 Å². The van der Waals surface area contributed by atoms with Crippen LogP contribution in [0.5, 0.6) is 0 Å². The van der Waals surface area contributed by atoms with Crippen molar-refractivity contribution in [3.8, 4) is 0 Å². The number of aliphatic hydroxyl groups is 5. The number of hydrogen-bond donors (Lipinski definition) is 8. The highest BCUT2D eigenvalue weighted by molar-refractivity contribution is 7.61. The Labute approximate surface area is 200 Å². The lowest BCUT2D eigenvalue weighted by Crippen LogP contribution is -2.34. The number of nitrogen functional groups attached to an aromatic ring is 1. The second-order valence-electron chi connectivity index (χ2n) is 7.76. The van der Waals surface area contributed by atoms with Gasteiger partial charge < -0.3 is 50.5 Å². The third-order valence-corrected chi connectivity index (χ3v) is 7.94. The van der Waals surface area contributed by atoms with E-state index in [-0.39, 0.29) is 17.0 Å². The molecule has 2 unspecified atom stereocenters. The number of phosphoric ester groups is 2. The van der Waals surface area contributed by atoms with Crippen molar-refractivity contribution in [3.05, 3.63) is 12.7 Å². The highest BCUT2D eigenvalue weighted by Crippen LogP contribution is 2.61. The van der Waals surface area contributed by atoms with Gasteiger partial charge in [-0.05, 0) is 0 Å². The number of rotatable bonds is 9. The van der Waals surface area contributed by atoms with Crippen molar-refractivity contribution in [2.24, 2.45) is 0 Å². The van der Waals surface area contributed by atoms with Crippen molar-refractivity contribution in [3.63, 3.8) is 0 Å². The van der Waals surface area contributed by atoms with E-state index >= 15 is 0 Å². The summed E-state index contributed by atoms with van der Waals surface area (Å²) in [6.45, 7) is -1.66. The summed E-state index contributed by atoms with van der Waals surface area (Å²) in [5.74, 6) is 0.0533. The van der Waals surface area contributed by atoms with Gasteiger partial charge in [-0.3, -0.25) is 13.6 Å². The number of nitrogens with zero attached hydrogens (tertiary/aromatic N) is 4. The first-order valence-corrected chi connectivity index (χ1v) is 13.1. The van der Waals surface area contributed by atoms with Crippen molar-refractivity contribution in [2.45, 2.75) is 49.1 Å². The zero-order chi connectivity index (χ0) is 26.4. The van der Waals surface area contributed by atoms with E-state index in [1.807, 2.05) is 0 Å². The van der Waals surface area contributed by atoms with Crippen molar-refractivity contribution in [2.75, 3.05) is 18.9 Å². The average molecular weight is 559 g/mol. The number of ether oxygens (including phenoxy) is 2. The fraction of sp³-hybridized carbons (Fsp3) is 0.667. The van der Waals surface area contributed by atoms with Gasteiger partial charge in [-0.1, -0.05) is 0 Å². The molecular weight excluding hydrogens is 536 g/mol. The van der Waals surface area contributed by atoms with Crippen LogP contribution in [0, 0.1) is 0 Å². The number of anilines is 1. The maximum absolute atomic E-state index is 12.2. The summed E-state index contributed by atoms with van der Waals surface area (Å²) < 4.78 is 49.1. The van der Waals surface area contributed by atoms with Crippen LogP contribution in [-0.4, -0.2) is 111 Å². The van der Waals surface area contributed by atoms with Crippen LogP contribution in [0.15, 0.2) is 12.7 Å². The number of fused-ring (bicyclic) bond motifs is 1. The Balaban J connectivity index is 1.37. The number of nitrogens with two attached hydrogens (primary N) is 1. The van der Waals surface area contributed by atoms with E-state index in [1.54, 1.807) is 0 Å². The van der Waals surface area contributed by atoms with E-state index in [9.17, 15) is 39.3 Å². The van der Waals surface area contributed by atoms with Gasteiger partial charge in [0, 0.05) is 0 Å². The minimum atomic E-state index is -5.44. The van der Waals surface area contributed by atoms with Crippen LogP contribution < -0.4 is 5.73 Å². The van der Waals surface area contributed by atoms with E-state index in [0.717, 1.165) is 6.33 Å². The number of hydrogen-bond acceptors (Lipinski definition) is 16. The molecule has 0 aliphatic carbocycles. The predicted molar refractivity (Wildman–Crippen MR) is 111 cm³/mol. The third-order valence-electron chi connectivity index (χ3n) is 5.34. The molecule has 9 N–H and O–H groups in total. The molecule has 21 heteroatoms. The predicted octanol–water partition coefficient (Wildman–Crippen LogP) is -3.28. The zero-order valence-corrected chi connectivity index (χ0v) is 19.7. The molecule has 2 aromatic heterocycles. The maximum atomic E-state index is 12.2. The van der Waals surface area contributed by atoms with E-state index in [4.69, 9.17) is 20.3 Å². The van der Waals surface area contributed by atoms with Crippen LogP contribution in [0.25, 0.3) is 11.2 Å². The lowest BCUT2D eigenvalue weighted by Gasteiger charge is -2.21. The highest BCUT2D eigenvalue weighted by atomic mass is 31.3. The van der Waals surface area contributed by atoms with E-state index in [1.165, 1.54) is 10.9 Å². The molecule has 202 valence electrons. The van der Waals surface area contributed by atoms with Gasteiger partial charge in [0.15, 0.2) is 24.0 Å². The minimum absolute atomic E-state index is 0.0533. The van der Waals surface area contributed by atoms with Crippen LogP contribution in [0.2, 0.25) is 0 Å². The molecule has 2 fully saturated rings. The minimum Gasteiger partial charge on any atom is -0.394 e. The van der Waals surface area contributed by atoms with Crippen LogP contribution in [0.1, 0.15) is 6.23 Å². The highest BCUT2D eigenvalue weighted by Gasteiger charge is 2.49. The molecule has 0 aromatic carbocycles. The van der Waals surface area contributed by atoms with Gasteiger partial charge >= 0.3 is 15.6 Å². The van der Waals surface area contributed by atoms with Crippen LogP contribution in [-0.2, 0) is 32.0 Å². The molecule has 2 aliphatic rings. The van der Waals surface area contributed by atoms with Gasteiger partial charge in [0.2, 0.25) is 0 Å². The molecule has 0 bridgehead atoms. The summed E-state index contributed by atoms with van der Waals surface area (Å²) in [5, 5.41) is 49.1. The summed E-state index contributed by atoms with van der Waals surface area (Å²) in [6, 6.07) is 0. The lowest BCUT2D eigenvalue weighted by atomic mass is 10.1. The zero-order valence-electron chi connectivity index (χ0n) is 17.9. The summed E-state index contributed by atoms with van der Waals surface area (Å²) >= 11 is 0. The molecule has 2 aromatic rings. The third kappa shape index (κ3) is 5.45. The molecule has 0 radical (unpaired) electrons. The lowest BCUT2D eigenvalue weighted by molar-refractivity contribution is -0.125. The van der Waals surface area contributed by atoms with Crippen LogP contribution in [0.4, 0.5) is 5.82 Å². The second kappa shape index (κ2) is 10.2. The summed E-state index contributed by atoms with van der Waals surface area (Å²) in [4.78, 5) is 31.4. The monoisotopic (exact) mass is 559 g/mol. The normalized spacial score (nSPS) is 36.2. The molecule has 10 atom stereocenters. The van der Waals surface area contributed by atoms with Gasteiger partial charge in [0.05, 0.1) is 19.5 Å². The quantitative estimate of drug-likeness (QED) is 0.140. The molecule has 2 saturated heterocycles. The number of aromatic nitrogens is 4. The molecule has 0 amide bonds. The average Bonchev–Trinajstić information content (AvgIpc) is 3.43. The summed E-state index contributed by atoms with van der Waals surface area (Å²) in [7, 11) is -10.8. The molecule has 4 rings (SSSR count). The molecular formula is C15H23N5O14P2. The SMILES string of the molecule is Nc1ncnc2c1ncn2[C@@H]1O[C@H](COP(=O)(O)OP(=O)(O)O[C@@H]2O[C@H](CO)[C@@H](O)[C@H]2O)[C@@H](O)[C@H]1O.